The molecule has 1 aliphatic heterocycles. The summed E-state index contributed by atoms with van der Waals surface area (Å²) in [7, 11) is 0. The average molecular weight is 341 g/mol. The molecule has 0 aliphatic carbocycles. The fourth-order valence-electron chi connectivity index (χ4n) is 3.61. The van der Waals surface area contributed by atoms with Crippen LogP contribution in [0.4, 0.5) is 0 Å². The molecule has 2 heterocycles. The van der Waals surface area contributed by atoms with Crippen molar-refractivity contribution in [2.45, 2.75) is 58.0 Å². The van der Waals surface area contributed by atoms with E-state index in [1.54, 1.807) is 12.1 Å². The Balaban J connectivity index is 1.55. The largest absolute Gasteiger partial charge is 0.508 e. The Morgan fingerprint density at radius 2 is 2.08 bits per heavy atom. The lowest BCUT2D eigenvalue weighted by molar-refractivity contribution is -0.135. The van der Waals surface area contributed by atoms with Gasteiger partial charge in [0, 0.05) is 37.9 Å². The van der Waals surface area contributed by atoms with Crippen LogP contribution in [-0.2, 0) is 17.8 Å². The summed E-state index contributed by atoms with van der Waals surface area (Å²) in [6.07, 6.45) is 9.49. The molecule has 5 heteroatoms. The van der Waals surface area contributed by atoms with E-state index >= 15 is 0 Å². The molecule has 2 aromatic rings. The number of carbonyl (C=O) groups excluding carboxylic acids is 1. The zero-order valence-electron chi connectivity index (χ0n) is 14.9. The average Bonchev–Trinajstić information content (AvgIpc) is 3.04. The van der Waals surface area contributed by atoms with Gasteiger partial charge in [-0.1, -0.05) is 12.1 Å². The molecule has 1 atom stereocenters. The van der Waals surface area contributed by atoms with Gasteiger partial charge in [-0.3, -0.25) is 4.79 Å². The summed E-state index contributed by atoms with van der Waals surface area (Å²) < 4.78 is 2.16. The maximum atomic E-state index is 12.7. The highest BCUT2D eigenvalue weighted by Gasteiger charge is 2.26. The lowest BCUT2D eigenvalue weighted by Crippen LogP contribution is -2.44. The number of benzene rings is 1. The van der Waals surface area contributed by atoms with Gasteiger partial charge in [-0.15, -0.1) is 0 Å². The van der Waals surface area contributed by atoms with Gasteiger partial charge in [0.05, 0.1) is 0 Å². The van der Waals surface area contributed by atoms with Gasteiger partial charge in [-0.05, 0) is 56.7 Å². The topological polar surface area (TPSA) is 58.4 Å². The lowest BCUT2D eigenvalue weighted by Gasteiger charge is -2.36. The number of hydrogen-bond acceptors (Lipinski definition) is 3. The van der Waals surface area contributed by atoms with Crippen molar-refractivity contribution < 1.29 is 9.90 Å². The summed E-state index contributed by atoms with van der Waals surface area (Å²) in [5, 5.41) is 9.35. The molecule has 0 spiro atoms. The summed E-state index contributed by atoms with van der Waals surface area (Å²) in [5.74, 6) is 1.54. The molecule has 134 valence electrons. The molecule has 1 fully saturated rings. The van der Waals surface area contributed by atoms with Gasteiger partial charge in [-0.25, -0.2) is 4.98 Å². The molecular weight excluding hydrogens is 314 g/mol. The second kappa shape index (κ2) is 8.19. The number of hydrogen-bond donors (Lipinski definition) is 1. The molecule has 1 N–H and O–H groups in total. The van der Waals surface area contributed by atoms with E-state index in [1.807, 2.05) is 31.5 Å². The van der Waals surface area contributed by atoms with Gasteiger partial charge < -0.3 is 14.6 Å². The molecule has 0 unspecified atom stereocenters. The molecule has 1 aliphatic rings. The van der Waals surface area contributed by atoms with Gasteiger partial charge in [-0.2, -0.15) is 0 Å². The van der Waals surface area contributed by atoms with Crippen LogP contribution in [0.25, 0.3) is 0 Å². The Morgan fingerprint density at radius 3 is 2.80 bits per heavy atom. The van der Waals surface area contributed by atoms with Crippen molar-refractivity contribution in [3.05, 3.63) is 48.0 Å². The van der Waals surface area contributed by atoms with Crippen LogP contribution >= 0.6 is 0 Å². The maximum Gasteiger partial charge on any atom is 0.223 e. The third kappa shape index (κ3) is 4.62. The van der Waals surface area contributed by atoms with Gasteiger partial charge >= 0.3 is 0 Å². The summed E-state index contributed by atoms with van der Waals surface area (Å²) in [5.41, 5.74) is 1.09. The van der Waals surface area contributed by atoms with Crippen molar-refractivity contribution >= 4 is 5.91 Å². The number of phenolic OH excluding ortho intramolecular Hbond substituents is 1. The number of piperidine rings is 1. The van der Waals surface area contributed by atoms with E-state index in [4.69, 9.17) is 0 Å². The molecule has 0 saturated carbocycles. The number of nitrogens with zero attached hydrogens (tertiary/aromatic N) is 3. The number of rotatable bonds is 6. The summed E-state index contributed by atoms with van der Waals surface area (Å²) in [4.78, 5) is 19.1. The number of amides is 1. The maximum absolute atomic E-state index is 12.7. The second-order valence-corrected chi connectivity index (χ2v) is 6.86. The third-order valence-electron chi connectivity index (χ3n) is 5.14. The highest BCUT2D eigenvalue weighted by Crippen LogP contribution is 2.22. The quantitative estimate of drug-likeness (QED) is 0.877. The zero-order valence-corrected chi connectivity index (χ0v) is 14.9. The van der Waals surface area contributed by atoms with Crippen LogP contribution in [-0.4, -0.2) is 38.1 Å². The van der Waals surface area contributed by atoms with Crippen molar-refractivity contribution in [1.29, 1.82) is 0 Å². The van der Waals surface area contributed by atoms with Gasteiger partial charge in [0.25, 0.3) is 0 Å². The Morgan fingerprint density at radius 1 is 1.28 bits per heavy atom. The van der Waals surface area contributed by atoms with Crippen LogP contribution in [0, 0.1) is 6.92 Å². The molecule has 1 aromatic carbocycles. The van der Waals surface area contributed by atoms with E-state index in [-0.39, 0.29) is 11.7 Å². The first-order chi connectivity index (χ1) is 12.1. The number of aryl methyl sites for hydroxylation is 3. The predicted molar refractivity (Wildman–Crippen MR) is 97.4 cm³/mol. The highest BCUT2D eigenvalue weighted by atomic mass is 16.3. The van der Waals surface area contributed by atoms with E-state index in [9.17, 15) is 9.90 Å². The molecular formula is C20H27N3O2. The second-order valence-electron chi connectivity index (χ2n) is 6.86. The van der Waals surface area contributed by atoms with Crippen molar-refractivity contribution in [3.8, 4) is 5.75 Å². The molecule has 5 nitrogen and oxygen atoms in total. The standard InChI is InChI=1S/C20H27N3O2/c1-16-21-12-15-22(16)14-11-18-4-2-3-13-23(18)20(25)10-7-17-5-8-19(24)9-6-17/h5-6,8-9,12,15,18,24H,2-4,7,10-11,13-14H2,1H3/t18-/m0/s1. The minimum Gasteiger partial charge on any atom is -0.508 e. The predicted octanol–water partition coefficient (Wildman–Crippen LogP) is 3.30. The van der Waals surface area contributed by atoms with Crippen LogP contribution in [0.5, 0.6) is 5.75 Å². The van der Waals surface area contributed by atoms with Crippen LogP contribution < -0.4 is 0 Å². The van der Waals surface area contributed by atoms with Crippen LogP contribution in [0.2, 0.25) is 0 Å². The summed E-state index contributed by atoms with van der Waals surface area (Å²) in [6.45, 7) is 3.81. The van der Waals surface area contributed by atoms with Gasteiger partial charge in [0.1, 0.15) is 11.6 Å². The number of phenols is 1. The SMILES string of the molecule is Cc1nccn1CC[C@@H]1CCCCN1C(=O)CCc1ccc(O)cc1. The molecule has 25 heavy (non-hydrogen) atoms. The first-order valence-electron chi connectivity index (χ1n) is 9.18. The van der Waals surface area contributed by atoms with E-state index in [1.165, 1.54) is 6.42 Å². The number of likely N-dealkylation sites (tertiary alicyclic amines) is 1. The van der Waals surface area contributed by atoms with Crippen molar-refractivity contribution in [2.24, 2.45) is 0 Å². The fourth-order valence-corrected chi connectivity index (χ4v) is 3.61. The van der Waals surface area contributed by atoms with Crippen LogP contribution in [0.3, 0.4) is 0 Å². The normalized spacial score (nSPS) is 17.6. The monoisotopic (exact) mass is 341 g/mol. The van der Waals surface area contributed by atoms with E-state index in [0.29, 0.717) is 12.5 Å². The molecule has 1 saturated heterocycles. The Bertz CT molecular complexity index is 693. The van der Waals surface area contributed by atoms with Crippen molar-refractivity contribution in [2.75, 3.05) is 6.54 Å². The smallest absolute Gasteiger partial charge is 0.223 e. The number of aromatic hydroxyl groups is 1. The number of imidazole rings is 1. The summed E-state index contributed by atoms with van der Waals surface area (Å²) >= 11 is 0. The molecule has 1 aromatic heterocycles. The van der Waals surface area contributed by atoms with Crippen molar-refractivity contribution in [3.63, 3.8) is 0 Å². The fraction of sp³-hybridized carbons (Fsp3) is 0.500. The van der Waals surface area contributed by atoms with E-state index in [0.717, 1.165) is 50.2 Å². The molecule has 1 amide bonds. The zero-order chi connectivity index (χ0) is 17.6. The lowest BCUT2D eigenvalue weighted by atomic mass is 9.98. The number of aromatic nitrogens is 2. The number of carbonyl (C=O) groups is 1. The molecule has 0 radical (unpaired) electrons. The first kappa shape index (κ1) is 17.5. The molecule has 3 rings (SSSR count). The van der Waals surface area contributed by atoms with Gasteiger partial charge in [0.2, 0.25) is 5.91 Å². The van der Waals surface area contributed by atoms with Crippen LogP contribution in [0.15, 0.2) is 36.7 Å². The Kier molecular flexibility index (Phi) is 5.74. The Hall–Kier alpha value is -2.30. The minimum atomic E-state index is 0.250. The summed E-state index contributed by atoms with van der Waals surface area (Å²) in [6, 6.07) is 7.47. The third-order valence-corrected chi connectivity index (χ3v) is 5.14. The van der Waals surface area contributed by atoms with Crippen molar-refractivity contribution in [1.82, 2.24) is 14.5 Å². The van der Waals surface area contributed by atoms with Crippen LogP contribution in [0.1, 0.15) is 43.5 Å². The molecule has 0 bridgehead atoms. The minimum absolute atomic E-state index is 0.250. The first-order valence-corrected chi connectivity index (χ1v) is 9.18. The van der Waals surface area contributed by atoms with E-state index < -0.39 is 0 Å². The highest BCUT2D eigenvalue weighted by molar-refractivity contribution is 5.77. The Labute approximate surface area is 149 Å². The van der Waals surface area contributed by atoms with Gasteiger partial charge in [0.15, 0.2) is 0 Å². The van der Waals surface area contributed by atoms with E-state index in [2.05, 4.69) is 14.5 Å².